The van der Waals surface area contributed by atoms with Crippen LogP contribution in [0.3, 0.4) is 0 Å². The lowest BCUT2D eigenvalue weighted by Gasteiger charge is -2.38. The molecule has 0 amide bonds. The highest BCUT2D eigenvalue weighted by Crippen LogP contribution is 2.39. The van der Waals surface area contributed by atoms with Crippen LogP contribution in [0.5, 0.6) is 11.5 Å². The number of ether oxygens (including phenoxy) is 4. The Morgan fingerprint density at radius 1 is 0.526 bits per heavy atom. The second-order valence-corrected chi connectivity index (χ2v) is 34.3. The van der Waals surface area contributed by atoms with E-state index in [1.54, 1.807) is 57.7 Å². The summed E-state index contributed by atoms with van der Waals surface area (Å²) in [6.45, 7) is 7.21. The standard InChI is InChI=1S/2C29H37N3O8S2.2CH4O3S.H2O/c2*1-3-31-18-27(28(34)25-9-4-5-10-26(25)31)42(37,38)32-13-11-29(12-14-32)16-21(19-40-29)30-17-22(33)20-39-23-7-6-8-24(15-23)41(2,35)36;2*1-5(2,3)4;/h2*4-10,15,18,21-22,30,33H,3,11-14,16-17,19-20H2,1-2H3;2*1H3,(H,2,3,4);1H2/t2*21-,22+;;;/m11.../s1. The van der Waals surface area contributed by atoms with Gasteiger partial charge in [0.25, 0.3) is 20.2 Å². The molecule has 35 heteroatoms. The molecule has 6 aromatic rings. The molecule has 4 fully saturated rings. The van der Waals surface area contributed by atoms with E-state index in [2.05, 4.69) is 10.6 Å². The van der Waals surface area contributed by atoms with Gasteiger partial charge in [-0.3, -0.25) is 18.7 Å². The molecule has 10 rings (SSSR count). The molecule has 6 heterocycles. The van der Waals surface area contributed by atoms with Gasteiger partial charge in [-0.15, -0.1) is 0 Å². The lowest BCUT2D eigenvalue weighted by Crippen LogP contribution is -2.47. The van der Waals surface area contributed by atoms with Crippen molar-refractivity contribution in [3.05, 3.63) is 130 Å². The molecular weight excluding hydrogens is 1370 g/mol. The van der Waals surface area contributed by atoms with Crippen LogP contribution in [-0.2, 0) is 82.5 Å². The van der Waals surface area contributed by atoms with Crippen molar-refractivity contribution in [2.24, 2.45) is 0 Å². The number of aryl methyl sites for hydroxylation is 2. The summed E-state index contributed by atoms with van der Waals surface area (Å²) in [7, 11) is -22.0. The maximum absolute atomic E-state index is 13.6. The van der Waals surface area contributed by atoms with Gasteiger partial charge in [0, 0.05) is 100 Å². The summed E-state index contributed by atoms with van der Waals surface area (Å²) < 4.78 is 183. The molecule has 2 aromatic heterocycles. The molecule has 4 atom stereocenters. The first kappa shape index (κ1) is 78.2. The third kappa shape index (κ3) is 21.6. The van der Waals surface area contributed by atoms with Gasteiger partial charge in [-0.1, -0.05) is 36.4 Å². The molecule has 29 nitrogen and oxygen atoms in total. The van der Waals surface area contributed by atoms with E-state index in [0.29, 0.717) is 111 Å². The minimum atomic E-state index is -3.99. The first-order chi connectivity index (χ1) is 43.8. The number of benzene rings is 4. The zero-order valence-corrected chi connectivity index (χ0v) is 58.2. The van der Waals surface area contributed by atoms with E-state index in [1.807, 2.05) is 38.1 Å². The minimum Gasteiger partial charge on any atom is -0.491 e. The van der Waals surface area contributed by atoms with Crippen molar-refractivity contribution >= 4 is 81.8 Å². The van der Waals surface area contributed by atoms with Crippen molar-refractivity contribution in [1.82, 2.24) is 28.4 Å². The average Bonchev–Trinajstić information content (AvgIpc) is 1.34. The van der Waals surface area contributed by atoms with Crippen molar-refractivity contribution in [2.75, 3.05) is 90.7 Å². The van der Waals surface area contributed by atoms with Gasteiger partial charge in [-0.2, -0.15) is 25.4 Å². The summed E-state index contributed by atoms with van der Waals surface area (Å²) in [5.74, 6) is 0.721. The molecule has 95 heavy (non-hydrogen) atoms. The number of sulfonamides is 2. The van der Waals surface area contributed by atoms with E-state index >= 15 is 0 Å². The number of hydrogen-bond acceptors (Lipinski definition) is 22. The van der Waals surface area contributed by atoms with Crippen LogP contribution in [0.25, 0.3) is 21.8 Å². The molecule has 0 saturated carbocycles. The summed E-state index contributed by atoms with van der Waals surface area (Å²) in [4.78, 5) is 26.3. The topological polar surface area (TPSA) is 429 Å². The number of pyridine rings is 2. The fraction of sp³-hybridized carbons (Fsp3) is 0.500. The number of para-hydroxylation sites is 2. The Morgan fingerprint density at radius 3 is 1.17 bits per heavy atom. The molecule has 2 spiro atoms. The predicted molar refractivity (Wildman–Crippen MR) is 355 cm³/mol. The lowest BCUT2D eigenvalue weighted by molar-refractivity contribution is -0.0315. The fourth-order valence-electron chi connectivity index (χ4n) is 11.4. The van der Waals surface area contributed by atoms with Crippen LogP contribution in [0.2, 0.25) is 0 Å². The second kappa shape index (κ2) is 32.2. The zero-order valence-electron chi connectivity index (χ0n) is 53.3. The van der Waals surface area contributed by atoms with Crippen molar-refractivity contribution in [3.63, 3.8) is 0 Å². The van der Waals surface area contributed by atoms with E-state index in [4.69, 9.17) is 28.1 Å². The maximum atomic E-state index is 13.6. The third-order valence-electron chi connectivity index (χ3n) is 16.1. The number of nitrogens with one attached hydrogen (secondary N) is 2. The molecule has 4 aromatic carbocycles. The quantitative estimate of drug-likeness (QED) is 0.0593. The molecule has 4 aliphatic heterocycles. The van der Waals surface area contributed by atoms with Crippen molar-refractivity contribution < 1.29 is 94.2 Å². The van der Waals surface area contributed by atoms with Gasteiger partial charge in [-0.25, -0.2) is 33.7 Å². The highest BCUT2D eigenvalue weighted by Gasteiger charge is 2.47. The Morgan fingerprint density at radius 2 is 0.853 bits per heavy atom. The predicted octanol–water partition coefficient (Wildman–Crippen LogP) is 1.72. The molecule has 0 radical (unpaired) electrons. The number of hydrogen-bond donors (Lipinski definition) is 6. The van der Waals surface area contributed by atoms with Crippen molar-refractivity contribution in [3.8, 4) is 11.5 Å². The van der Waals surface area contributed by atoms with Gasteiger partial charge >= 0.3 is 0 Å². The van der Waals surface area contributed by atoms with Crippen LogP contribution < -0.4 is 31.0 Å². The molecule has 528 valence electrons. The largest absolute Gasteiger partial charge is 0.491 e. The van der Waals surface area contributed by atoms with Crippen LogP contribution in [0, 0.1) is 0 Å². The Hall–Kier alpha value is -5.84. The maximum Gasteiger partial charge on any atom is 0.261 e. The second-order valence-electron chi connectivity index (χ2n) is 23.6. The number of rotatable bonds is 20. The number of sulfone groups is 2. The molecule has 0 aliphatic carbocycles. The molecule has 0 unspecified atom stereocenters. The number of aromatic nitrogens is 2. The van der Waals surface area contributed by atoms with E-state index in [-0.39, 0.29) is 89.6 Å². The van der Waals surface area contributed by atoms with Crippen LogP contribution in [0.4, 0.5) is 0 Å². The van der Waals surface area contributed by atoms with Gasteiger partial charge < -0.3 is 54.4 Å². The van der Waals surface area contributed by atoms with E-state index < -0.39 is 94.2 Å². The number of aliphatic hydroxyl groups excluding tert-OH is 2. The summed E-state index contributed by atoms with van der Waals surface area (Å²) in [5.41, 5.74) is -0.492. The fourth-order valence-corrected chi connectivity index (χ4v) is 15.8. The van der Waals surface area contributed by atoms with Gasteiger partial charge in [0.2, 0.25) is 30.9 Å². The van der Waals surface area contributed by atoms with Crippen LogP contribution in [0.15, 0.2) is 139 Å². The Balaban J connectivity index is 0.000000261. The third-order valence-corrected chi connectivity index (χ3v) is 22.2. The molecule has 4 saturated heterocycles. The van der Waals surface area contributed by atoms with Crippen molar-refractivity contribution in [2.45, 2.75) is 121 Å². The van der Waals surface area contributed by atoms with Crippen LogP contribution in [-0.4, -0.2) is 219 Å². The summed E-state index contributed by atoms with van der Waals surface area (Å²) >= 11 is 0. The van der Waals surface area contributed by atoms with E-state index in [0.717, 1.165) is 12.5 Å². The highest BCUT2D eigenvalue weighted by molar-refractivity contribution is 7.91. The monoisotopic (exact) mass is 1450 g/mol. The van der Waals surface area contributed by atoms with Crippen LogP contribution in [0.1, 0.15) is 52.4 Å². The minimum absolute atomic E-state index is 0. The highest BCUT2D eigenvalue weighted by atomic mass is 32.2. The molecule has 8 N–H and O–H groups in total. The SMILES string of the molecule is CCn1cc(S(=O)(=O)N2CCC3(CC2)C[C@@H](NC[C@H](O)COc2cccc(S(C)(=O)=O)c2)CO3)c(=O)c2ccccc21.CCn1cc(S(=O)(=O)N2CCC3(CC2)C[C@@H](NC[C@H](O)COc2cccc(S(C)(=O)=O)c2)CO3)c(=O)c2ccccc21.CS(=O)(=O)O.CS(=O)(=O)O.O. The molecule has 4 aliphatic rings. The van der Waals surface area contributed by atoms with Gasteiger partial charge in [0.15, 0.2) is 19.7 Å². The summed E-state index contributed by atoms with van der Waals surface area (Å²) in [5, 5.41) is 28.2. The Kier molecular flexibility index (Phi) is 26.5. The van der Waals surface area contributed by atoms with Crippen LogP contribution >= 0.6 is 0 Å². The first-order valence-corrected chi connectivity index (χ1v) is 40.3. The lowest BCUT2D eigenvalue weighted by atomic mass is 9.88. The summed E-state index contributed by atoms with van der Waals surface area (Å²) in [6.07, 6.45) is 8.27. The number of aliphatic hydroxyl groups is 2. The van der Waals surface area contributed by atoms with Gasteiger partial charge in [0.1, 0.15) is 46.7 Å². The number of nitrogens with zero attached hydrogens (tertiary/aromatic N) is 4. The number of piperidine rings is 2. The summed E-state index contributed by atoms with van der Waals surface area (Å²) in [6, 6.07) is 26.3. The normalized spacial score (nSPS) is 19.1. The zero-order chi connectivity index (χ0) is 69.2. The van der Waals surface area contributed by atoms with Gasteiger partial charge in [0.05, 0.1) is 57.8 Å². The molecular formula is C60H84N6O23S6. The van der Waals surface area contributed by atoms with E-state index in [1.165, 1.54) is 45.3 Å². The Bertz CT molecular complexity index is 4180. The van der Waals surface area contributed by atoms with Crippen molar-refractivity contribution in [1.29, 1.82) is 0 Å². The Labute approximate surface area is 553 Å². The smallest absolute Gasteiger partial charge is 0.261 e. The number of fused-ring (bicyclic) bond motifs is 2. The van der Waals surface area contributed by atoms with E-state index in [9.17, 15) is 70.3 Å². The van der Waals surface area contributed by atoms with Gasteiger partial charge in [-0.05, 0) is 113 Å². The first-order valence-electron chi connectivity index (χ1n) is 29.9. The average molecular weight is 1450 g/mol. The molecule has 0 bridgehead atoms.